The van der Waals surface area contributed by atoms with Gasteiger partial charge in [-0.05, 0) is 48.1 Å². The first-order valence-corrected chi connectivity index (χ1v) is 8.79. The van der Waals surface area contributed by atoms with Gasteiger partial charge in [0.25, 0.3) is 5.91 Å². The number of carbonyl (C=O) groups is 2. The van der Waals surface area contributed by atoms with Crippen LogP contribution in [0.1, 0.15) is 54.6 Å². The molecule has 0 radical (unpaired) electrons. The van der Waals surface area contributed by atoms with Crippen molar-refractivity contribution in [2.75, 3.05) is 0 Å². The minimum Gasteiger partial charge on any atom is -0.477 e. The second kappa shape index (κ2) is 5.31. The zero-order valence-electron chi connectivity index (χ0n) is 14.7. The third-order valence-electron chi connectivity index (χ3n) is 6.32. The standard InChI is InChI=1S/C19H23N3O3/c1-9-12-4-11(7-19(12,2)3)16(9)22-17(23)13-5-10-6-14(18(24)25)20-8-15(10)21-13/h5-6,8-9,11-12,16,21H,4,7H2,1-3H3,(H,22,23)(H,24,25)/t9-,11?,12-,16+/m0/s1. The van der Waals surface area contributed by atoms with E-state index >= 15 is 0 Å². The molecule has 0 spiro atoms. The first-order valence-electron chi connectivity index (χ1n) is 8.79. The van der Waals surface area contributed by atoms with Crippen molar-refractivity contribution in [2.45, 2.75) is 39.7 Å². The van der Waals surface area contributed by atoms with Crippen LogP contribution in [0.5, 0.6) is 0 Å². The van der Waals surface area contributed by atoms with E-state index in [1.165, 1.54) is 18.7 Å². The number of aromatic nitrogens is 2. The number of amides is 1. The van der Waals surface area contributed by atoms with Crippen LogP contribution in [0.15, 0.2) is 18.3 Å². The number of H-pyrrole nitrogens is 1. The summed E-state index contributed by atoms with van der Waals surface area (Å²) in [6.07, 6.45) is 3.81. The summed E-state index contributed by atoms with van der Waals surface area (Å²) in [5.41, 5.74) is 1.46. The van der Waals surface area contributed by atoms with Gasteiger partial charge in [0.2, 0.25) is 0 Å². The Labute approximate surface area is 146 Å². The molecule has 2 saturated carbocycles. The number of carbonyl (C=O) groups excluding carboxylic acids is 1. The van der Waals surface area contributed by atoms with E-state index in [1.807, 2.05) is 0 Å². The van der Waals surface area contributed by atoms with Crippen LogP contribution in [-0.2, 0) is 0 Å². The number of aromatic amines is 1. The van der Waals surface area contributed by atoms with Gasteiger partial charge in [-0.15, -0.1) is 0 Å². The van der Waals surface area contributed by atoms with Crippen molar-refractivity contribution in [2.24, 2.45) is 23.2 Å². The minimum atomic E-state index is -1.08. The number of carboxylic acids is 1. The van der Waals surface area contributed by atoms with Gasteiger partial charge in [0.15, 0.2) is 0 Å². The Balaban J connectivity index is 1.54. The predicted octanol–water partition coefficient (Wildman–Crippen LogP) is 3.06. The molecule has 6 nitrogen and oxygen atoms in total. The zero-order valence-corrected chi connectivity index (χ0v) is 14.7. The van der Waals surface area contributed by atoms with Crippen molar-refractivity contribution in [3.05, 3.63) is 29.7 Å². The summed E-state index contributed by atoms with van der Waals surface area (Å²) in [5, 5.41) is 12.9. The van der Waals surface area contributed by atoms with Crippen LogP contribution >= 0.6 is 0 Å². The molecule has 2 fully saturated rings. The predicted molar refractivity (Wildman–Crippen MR) is 93.5 cm³/mol. The summed E-state index contributed by atoms with van der Waals surface area (Å²) in [5.74, 6) is 0.474. The molecule has 4 atom stereocenters. The Bertz CT molecular complexity index is 868. The molecule has 2 aliphatic rings. The third-order valence-corrected chi connectivity index (χ3v) is 6.32. The van der Waals surface area contributed by atoms with Crippen LogP contribution in [0.25, 0.3) is 10.9 Å². The zero-order chi connectivity index (χ0) is 17.9. The van der Waals surface area contributed by atoms with E-state index in [2.05, 4.69) is 36.1 Å². The number of aromatic carboxylic acids is 1. The molecule has 0 saturated heterocycles. The molecular formula is C19H23N3O3. The summed E-state index contributed by atoms with van der Waals surface area (Å²) < 4.78 is 0. The fourth-order valence-corrected chi connectivity index (χ4v) is 5.18. The average Bonchev–Trinajstić information content (AvgIpc) is 3.18. The summed E-state index contributed by atoms with van der Waals surface area (Å²) >= 11 is 0. The van der Waals surface area contributed by atoms with Crippen molar-refractivity contribution in [1.29, 1.82) is 0 Å². The molecule has 1 amide bonds. The average molecular weight is 341 g/mol. The van der Waals surface area contributed by atoms with Crippen LogP contribution in [0.3, 0.4) is 0 Å². The van der Waals surface area contributed by atoms with Gasteiger partial charge in [-0.3, -0.25) is 4.79 Å². The highest BCUT2D eigenvalue weighted by Gasteiger charge is 2.54. The highest BCUT2D eigenvalue weighted by atomic mass is 16.4. The number of rotatable bonds is 3. The maximum atomic E-state index is 12.7. The van der Waals surface area contributed by atoms with E-state index in [1.54, 1.807) is 6.07 Å². The molecule has 2 bridgehead atoms. The van der Waals surface area contributed by atoms with Crippen LogP contribution < -0.4 is 5.32 Å². The molecule has 0 aromatic carbocycles. The number of pyridine rings is 1. The normalized spacial score (nSPS) is 29.9. The van der Waals surface area contributed by atoms with E-state index in [9.17, 15) is 9.59 Å². The second-order valence-corrected chi connectivity index (χ2v) is 8.30. The van der Waals surface area contributed by atoms with Crippen LogP contribution in [0.2, 0.25) is 0 Å². The highest BCUT2D eigenvalue weighted by Crippen LogP contribution is 2.58. The van der Waals surface area contributed by atoms with Crippen molar-refractivity contribution in [3.8, 4) is 0 Å². The first-order chi connectivity index (χ1) is 11.8. The fraction of sp³-hybridized carbons (Fsp3) is 0.526. The SMILES string of the molecule is C[C@@H]1[C@@H](NC(=O)c2cc3cc(C(=O)O)ncc3[nH]2)C2C[C@@H]1C(C)(C)C2. The van der Waals surface area contributed by atoms with Crippen LogP contribution in [0, 0.1) is 23.2 Å². The molecule has 4 rings (SSSR count). The Morgan fingerprint density at radius 1 is 1.36 bits per heavy atom. The Morgan fingerprint density at radius 3 is 2.76 bits per heavy atom. The summed E-state index contributed by atoms with van der Waals surface area (Å²) in [6.45, 7) is 6.90. The molecule has 2 aromatic rings. The number of hydrogen-bond donors (Lipinski definition) is 3. The highest BCUT2D eigenvalue weighted by molar-refractivity contribution is 5.99. The van der Waals surface area contributed by atoms with E-state index < -0.39 is 5.97 Å². The van der Waals surface area contributed by atoms with Gasteiger partial charge < -0.3 is 15.4 Å². The summed E-state index contributed by atoms with van der Waals surface area (Å²) in [7, 11) is 0. The largest absolute Gasteiger partial charge is 0.477 e. The number of nitrogens with zero attached hydrogens (tertiary/aromatic N) is 1. The molecule has 6 heteroatoms. The third kappa shape index (κ3) is 2.51. The first kappa shape index (κ1) is 16.1. The van der Waals surface area contributed by atoms with E-state index in [0.717, 1.165) is 6.42 Å². The van der Waals surface area contributed by atoms with Gasteiger partial charge in [0, 0.05) is 11.4 Å². The van der Waals surface area contributed by atoms with Crippen molar-refractivity contribution < 1.29 is 14.7 Å². The van der Waals surface area contributed by atoms with E-state index in [0.29, 0.717) is 39.8 Å². The smallest absolute Gasteiger partial charge is 0.354 e. The quantitative estimate of drug-likeness (QED) is 0.799. The molecule has 0 aliphatic heterocycles. The van der Waals surface area contributed by atoms with Crippen molar-refractivity contribution in [1.82, 2.24) is 15.3 Å². The lowest BCUT2D eigenvalue weighted by Crippen LogP contribution is -2.46. The molecule has 2 heterocycles. The molecule has 1 unspecified atom stereocenters. The van der Waals surface area contributed by atoms with Gasteiger partial charge >= 0.3 is 5.97 Å². The molecule has 2 aliphatic carbocycles. The maximum Gasteiger partial charge on any atom is 0.354 e. The van der Waals surface area contributed by atoms with Crippen LogP contribution in [-0.4, -0.2) is 33.0 Å². The molecular weight excluding hydrogens is 318 g/mol. The fourth-order valence-electron chi connectivity index (χ4n) is 5.18. The van der Waals surface area contributed by atoms with Crippen molar-refractivity contribution in [3.63, 3.8) is 0 Å². The summed E-state index contributed by atoms with van der Waals surface area (Å²) in [6, 6.07) is 3.39. The van der Waals surface area contributed by atoms with E-state index in [4.69, 9.17) is 5.11 Å². The lowest BCUT2D eigenvalue weighted by atomic mass is 9.70. The number of nitrogens with one attached hydrogen (secondary N) is 2. The van der Waals surface area contributed by atoms with Gasteiger partial charge in [0.1, 0.15) is 11.4 Å². The lowest BCUT2D eigenvalue weighted by molar-refractivity contribution is 0.0690. The molecule has 3 N–H and O–H groups in total. The lowest BCUT2D eigenvalue weighted by Gasteiger charge is -2.39. The van der Waals surface area contributed by atoms with E-state index in [-0.39, 0.29) is 17.6 Å². The number of hydrogen-bond acceptors (Lipinski definition) is 3. The Morgan fingerprint density at radius 2 is 2.12 bits per heavy atom. The van der Waals surface area contributed by atoms with Gasteiger partial charge in [-0.1, -0.05) is 20.8 Å². The maximum absolute atomic E-state index is 12.7. The van der Waals surface area contributed by atoms with Gasteiger partial charge in [0.05, 0.1) is 11.7 Å². The number of carboxylic acid groups (broad SMARTS) is 1. The van der Waals surface area contributed by atoms with Gasteiger partial charge in [-0.2, -0.15) is 0 Å². The molecule has 132 valence electrons. The monoisotopic (exact) mass is 341 g/mol. The topological polar surface area (TPSA) is 95.1 Å². The Hall–Kier alpha value is -2.37. The van der Waals surface area contributed by atoms with Gasteiger partial charge in [-0.25, -0.2) is 9.78 Å². The van der Waals surface area contributed by atoms with Crippen LogP contribution in [0.4, 0.5) is 0 Å². The summed E-state index contributed by atoms with van der Waals surface area (Å²) in [4.78, 5) is 30.6. The van der Waals surface area contributed by atoms with Crippen molar-refractivity contribution >= 4 is 22.8 Å². The Kier molecular flexibility index (Phi) is 3.42. The molecule has 2 aromatic heterocycles. The minimum absolute atomic E-state index is 0.0255. The molecule has 25 heavy (non-hydrogen) atoms. The second-order valence-electron chi connectivity index (χ2n) is 8.30. The number of fused-ring (bicyclic) bond motifs is 3.